The molecule has 0 unspecified atom stereocenters. The zero-order chi connectivity index (χ0) is 13.3. The average molecular weight is 287 g/mol. The Morgan fingerprint density at radius 1 is 1.44 bits per heavy atom. The number of sulfonamides is 1. The molecule has 0 radical (unpaired) electrons. The summed E-state index contributed by atoms with van der Waals surface area (Å²) in [4.78, 5) is 3.78. The molecule has 0 fully saturated rings. The third-order valence-electron chi connectivity index (χ3n) is 2.21. The average Bonchev–Trinajstić information content (AvgIpc) is 2.71. The second kappa shape index (κ2) is 4.51. The first kappa shape index (κ1) is 12.7. The third-order valence-corrected chi connectivity index (χ3v) is 3.80. The molecular formula is C10H11ClN4O2S. The maximum Gasteiger partial charge on any atom is 0.280 e. The molecule has 2 aromatic rings. The van der Waals surface area contributed by atoms with Crippen molar-refractivity contribution >= 4 is 33.0 Å². The molecule has 0 aliphatic heterocycles. The number of imidazole rings is 1. The number of aryl methyl sites for hydroxylation is 1. The number of nitrogens with two attached hydrogens (primary N) is 1. The van der Waals surface area contributed by atoms with Crippen LogP contribution < -0.4 is 10.5 Å². The number of halogens is 1. The molecule has 0 bridgehead atoms. The van der Waals surface area contributed by atoms with Crippen LogP contribution in [0.2, 0.25) is 5.02 Å². The summed E-state index contributed by atoms with van der Waals surface area (Å²) < 4.78 is 27.8. The molecule has 0 aliphatic carbocycles. The fourth-order valence-electron chi connectivity index (χ4n) is 1.33. The number of nitrogen functional groups attached to an aromatic ring is 1. The van der Waals surface area contributed by atoms with Gasteiger partial charge in [-0.3, -0.25) is 4.72 Å². The molecule has 1 aromatic carbocycles. The molecule has 1 aromatic heterocycles. The summed E-state index contributed by atoms with van der Waals surface area (Å²) in [6.07, 6.45) is 2.81. The van der Waals surface area contributed by atoms with Gasteiger partial charge >= 0.3 is 0 Å². The predicted octanol–water partition coefficient (Wildman–Crippen LogP) is 1.46. The Balaban J connectivity index is 2.30. The van der Waals surface area contributed by atoms with Crippen LogP contribution >= 0.6 is 11.6 Å². The SMILES string of the molecule is Cn1cnc(S(=O)(=O)Nc2ccc(N)c(Cl)c2)c1. The van der Waals surface area contributed by atoms with E-state index < -0.39 is 10.0 Å². The minimum atomic E-state index is -3.70. The Labute approximate surface area is 109 Å². The molecule has 2 rings (SSSR count). The van der Waals surface area contributed by atoms with Gasteiger partial charge in [-0.25, -0.2) is 4.98 Å². The van der Waals surface area contributed by atoms with Crippen LogP contribution in [0, 0.1) is 0 Å². The van der Waals surface area contributed by atoms with Crippen molar-refractivity contribution in [1.82, 2.24) is 9.55 Å². The van der Waals surface area contributed by atoms with Crippen molar-refractivity contribution in [3.8, 4) is 0 Å². The number of anilines is 2. The standard InChI is InChI=1S/C10H11ClN4O2S/c1-15-5-10(13-6-15)18(16,17)14-7-2-3-9(12)8(11)4-7/h2-6,14H,12H2,1H3. The van der Waals surface area contributed by atoms with Gasteiger partial charge in [0, 0.05) is 13.2 Å². The Morgan fingerprint density at radius 2 is 2.17 bits per heavy atom. The van der Waals surface area contributed by atoms with E-state index in [4.69, 9.17) is 17.3 Å². The van der Waals surface area contributed by atoms with E-state index >= 15 is 0 Å². The molecule has 3 N–H and O–H groups in total. The Hall–Kier alpha value is -1.73. The minimum Gasteiger partial charge on any atom is -0.398 e. The van der Waals surface area contributed by atoms with Gasteiger partial charge in [-0.05, 0) is 18.2 Å². The van der Waals surface area contributed by atoms with Crippen molar-refractivity contribution < 1.29 is 8.42 Å². The lowest BCUT2D eigenvalue weighted by atomic mass is 10.3. The summed E-state index contributed by atoms with van der Waals surface area (Å²) in [5, 5.41) is 0.231. The van der Waals surface area contributed by atoms with Crippen molar-refractivity contribution in [3.63, 3.8) is 0 Å². The van der Waals surface area contributed by atoms with Crippen molar-refractivity contribution in [2.45, 2.75) is 5.03 Å². The highest BCUT2D eigenvalue weighted by atomic mass is 35.5. The van der Waals surface area contributed by atoms with Gasteiger partial charge in [0.25, 0.3) is 10.0 Å². The van der Waals surface area contributed by atoms with Crippen LogP contribution in [0.15, 0.2) is 35.7 Å². The topological polar surface area (TPSA) is 90.0 Å². The zero-order valence-corrected chi connectivity index (χ0v) is 11.0. The van der Waals surface area contributed by atoms with Crippen molar-refractivity contribution in [2.24, 2.45) is 7.05 Å². The molecule has 0 spiro atoms. The van der Waals surface area contributed by atoms with Crippen molar-refractivity contribution in [1.29, 1.82) is 0 Å². The zero-order valence-electron chi connectivity index (χ0n) is 9.46. The van der Waals surface area contributed by atoms with Crippen LogP contribution in [0.1, 0.15) is 0 Å². The second-order valence-electron chi connectivity index (χ2n) is 3.72. The highest BCUT2D eigenvalue weighted by Gasteiger charge is 2.17. The predicted molar refractivity (Wildman–Crippen MR) is 69.9 cm³/mol. The Kier molecular flexibility index (Phi) is 3.18. The number of hydrogen-bond acceptors (Lipinski definition) is 4. The smallest absolute Gasteiger partial charge is 0.280 e. The summed E-state index contributed by atoms with van der Waals surface area (Å²) in [6.45, 7) is 0. The number of hydrogen-bond donors (Lipinski definition) is 2. The van der Waals surface area contributed by atoms with Crippen LogP contribution in [0.3, 0.4) is 0 Å². The Bertz CT molecular complexity index is 681. The van der Waals surface area contributed by atoms with Gasteiger partial charge in [0.05, 0.1) is 22.7 Å². The first-order valence-electron chi connectivity index (χ1n) is 4.94. The lowest BCUT2D eigenvalue weighted by molar-refractivity contribution is 0.598. The Morgan fingerprint density at radius 3 is 2.72 bits per heavy atom. The van der Waals surface area contributed by atoms with E-state index in [0.29, 0.717) is 11.4 Å². The summed E-state index contributed by atoms with van der Waals surface area (Å²) >= 11 is 5.81. The number of nitrogens with zero attached hydrogens (tertiary/aromatic N) is 2. The van der Waals surface area contributed by atoms with E-state index in [1.165, 1.54) is 30.7 Å². The maximum absolute atomic E-state index is 11.9. The molecule has 1 heterocycles. The van der Waals surface area contributed by atoms with Crippen molar-refractivity contribution in [2.75, 3.05) is 10.5 Å². The summed E-state index contributed by atoms with van der Waals surface area (Å²) in [5.74, 6) is 0. The monoisotopic (exact) mass is 286 g/mol. The molecule has 0 amide bonds. The molecule has 8 heteroatoms. The first-order valence-corrected chi connectivity index (χ1v) is 6.80. The van der Waals surface area contributed by atoms with Crippen LogP contribution in [0.5, 0.6) is 0 Å². The van der Waals surface area contributed by atoms with Crippen molar-refractivity contribution in [3.05, 3.63) is 35.7 Å². The van der Waals surface area contributed by atoms with Gasteiger partial charge in [0.15, 0.2) is 5.03 Å². The second-order valence-corrected chi connectivity index (χ2v) is 5.76. The normalized spacial score (nSPS) is 11.4. The van der Waals surface area contributed by atoms with E-state index in [-0.39, 0.29) is 10.0 Å². The fourth-order valence-corrected chi connectivity index (χ4v) is 2.54. The summed E-state index contributed by atoms with van der Waals surface area (Å²) in [5.41, 5.74) is 6.26. The van der Waals surface area contributed by atoms with E-state index in [2.05, 4.69) is 9.71 Å². The van der Waals surface area contributed by atoms with Gasteiger partial charge in [-0.1, -0.05) is 11.6 Å². The minimum absolute atomic E-state index is 0.0575. The van der Waals surface area contributed by atoms with Gasteiger partial charge < -0.3 is 10.3 Å². The van der Waals surface area contributed by atoms with Gasteiger partial charge in [-0.15, -0.1) is 0 Å². The summed E-state index contributed by atoms with van der Waals surface area (Å²) in [7, 11) is -2.02. The lowest BCUT2D eigenvalue weighted by Crippen LogP contribution is -2.13. The first-order chi connectivity index (χ1) is 8.38. The molecule has 0 saturated heterocycles. The molecule has 0 aliphatic rings. The highest BCUT2D eigenvalue weighted by molar-refractivity contribution is 7.92. The van der Waals surface area contributed by atoms with E-state index in [1.807, 2.05) is 0 Å². The molecule has 6 nitrogen and oxygen atoms in total. The highest BCUT2D eigenvalue weighted by Crippen LogP contribution is 2.24. The third kappa shape index (κ3) is 2.57. The van der Waals surface area contributed by atoms with Gasteiger partial charge in [0.2, 0.25) is 0 Å². The van der Waals surface area contributed by atoms with Gasteiger partial charge in [0.1, 0.15) is 0 Å². The lowest BCUT2D eigenvalue weighted by Gasteiger charge is -2.07. The van der Waals surface area contributed by atoms with Crippen LogP contribution in [-0.4, -0.2) is 18.0 Å². The molecule has 96 valence electrons. The number of aromatic nitrogens is 2. The number of nitrogens with one attached hydrogen (secondary N) is 1. The van der Waals surface area contributed by atoms with Gasteiger partial charge in [-0.2, -0.15) is 8.42 Å². The molecule has 0 saturated carbocycles. The van der Waals surface area contributed by atoms with Crippen LogP contribution in [-0.2, 0) is 17.1 Å². The fraction of sp³-hybridized carbons (Fsp3) is 0.100. The van der Waals surface area contributed by atoms with Crippen LogP contribution in [0.4, 0.5) is 11.4 Å². The maximum atomic E-state index is 11.9. The van der Waals surface area contributed by atoms with E-state index in [1.54, 1.807) is 11.6 Å². The molecule has 0 atom stereocenters. The van der Waals surface area contributed by atoms with Crippen LogP contribution in [0.25, 0.3) is 0 Å². The number of benzene rings is 1. The molecular weight excluding hydrogens is 276 g/mol. The van der Waals surface area contributed by atoms with E-state index in [0.717, 1.165) is 0 Å². The number of rotatable bonds is 3. The summed E-state index contributed by atoms with van der Waals surface area (Å²) in [6, 6.07) is 4.50. The molecule has 18 heavy (non-hydrogen) atoms. The largest absolute Gasteiger partial charge is 0.398 e. The quantitative estimate of drug-likeness (QED) is 0.836. The van der Waals surface area contributed by atoms with E-state index in [9.17, 15) is 8.42 Å².